The Hall–Kier alpha value is -1.66. The van der Waals surface area contributed by atoms with Crippen LogP contribution in [0.3, 0.4) is 0 Å². The van der Waals surface area contributed by atoms with E-state index >= 15 is 0 Å². The molecule has 0 saturated heterocycles. The molecule has 0 radical (unpaired) electrons. The van der Waals surface area contributed by atoms with E-state index in [2.05, 4.69) is 45.3 Å². The molecule has 2 aromatic heterocycles. The highest BCUT2D eigenvalue weighted by Crippen LogP contribution is 2.29. The number of aromatic nitrogens is 4. The maximum atomic E-state index is 4.72. The second-order valence-electron chi connectivity index (χ2n) is 7.22. The molecule has 1 atom stereocenters. The molecule has 6 nitrogen and oxygen atoms in total. The van der Waals surface area contributed by atoms with E-state index in [0.717, 1.165) is 26.1 Å². The average Bonchev–Trinajstić information content (AvgIpc) is 3.33. The lowest BCUT2D eigenvalue weighted by Crippen LogP contribution is -2.25. The molecule has 0 aromatic carbocycles. The van der Waals surface area contributed by atoms with Crippen LogP contribution in [-0.2, 0) is 26.6 Å². The molecule has 0 bridgehead atoms. The first kappa shape index (κ1) is 15.8. The van der Waals surface area contributed by atoms with Gasteiger partial charge in [0, 0.05) is 62.2 Å². The molecule has 2 N–H and O–H groups in total. The number of hydrogen-bond donors (Lipinski definition) is 2. The monoisotopic (exact) mass is 328 g/mol. The Balaban J connectivity index is 1.41. The zero-order chi connectivity index (χ0) is 16.5. The molecule has 1 aliphatic heterocycles. The molecule has 0 spiro atoms. The van der Waals surface area contributed by atoms with Gasteiger partial charge in [0.2, 0.25) is 0 Å². The van der Waals surface area contributed by atoms with Crippen LogP contribution in [0.25, 0.3) is 0 Å². The molecule has 3 heterocycles. The molecule has 1 unspecified atom stereocenters. The fourth-order valence-corrected chi connectivity index (χ4v) is 4.06. The van der Waals surface area contributed by atoms with E-state index in [1.165, 1.54) is 48.2 Å². The lowest BCUT2D eigenvalue weighted by atomic mass is 10.1. The summed E-state index contributed by atoms with van der Waals surface area (Å²) in [6, 6.07) is 0.897. The van der Waals surface area contributed by atoms with Crippen LogP contribution >= 0.6 is 0 Å². The first-order valence-corrected chi connectivity index (χ1v) is 9.24. The zero-order valence-electron chi connectivity index (χ0n) is 14.8. The molecule has 4 rings (SSSR count). The second-order valence-corrected chi connectivity index (χ2v) is 7.22. The van der Waals surface area contributed by atoms with Crippen LogP contribution in [0.5, 0.6) is 0 Å². The minimum absolute atomic E-state index is 0.286. The molecule has 6 heteroatoms. The second kappa shape index (κ2) is 6.69. The van der Waals surface area contributed by atoms with Gasteiger partial charge in [0.15, 0.2) is 0 Å². The summed E-state index contributed by atoms with van der Waals surface area (Å²) in [6.45, 7) is 5.01. The summed E-state index contributed by atoms with van der Waals surface area (Å²) in [4.78, 5) is 0. The normalized spacial score (nSPS) is 19.6. The van der Waals surface area contributed by atoms with Gasteiger partial charge in [-0.3, -0.25) is 9.36 Å². The van der Waals surface area contributed by atoms with Crippen LogP contribution in [0.2, 0.25) is 0 Å². The SMILES string of the molecule is CC(NCc1nn(C)c2c1CNCC2)c1cnn(C2CCCC2)c1. The van der Waals surface area contributed by atoms with Crippen molar-refractivity contribution in [3.8, 4) is 0 Å². The molecular formula is C18H28N6. The Morgan fingerprint density at radius 1 is 1.38 bits per heavy atom. The standard InChI is InChI=1S/C18H28N6/c1-13(14-9-21-24(12-14)15-5-3-4-6-15)20-11-17-16-10-19-8-7-18(16)23(2)22-17/h9,12-13,15,19-20H,3-8,10-11H2,1-2H3. The summed E-state index contributed by atoms with van der Waals surface area (Å²) < 4.78 is 4.23. The lowest BCUT2D eigenvalue weighted by molar-refractivity contribution is 0.465. The third-order valence-electron chi connectivity index (χ3n) is 5.59. The predicted octanol–water partition coefficient (Wildman–Crippen LogP) is 2.23. The highest BCUT2D eigenvalue weighted by molar-refractivity contribution is 5.28. The Bertz CT molecular complexity index is 694. The first-order valence-electron chi connectivity index (χ1n) is 9.24. The van der Waals surface area contributed by atoms with Gasteiger partial charge < -0.3 is 10.6 Å². The Labute approximate surface area is 143 Å². The van der Waals surface area contributed by atoms with Crippen molar-refractivity contribution in [1.29, 1.82) is 0 Å². The van der Waals surface area contributed by atoms with Crippen molar-refractivity contribution in [3.05, 3.63) is 34.9 Å². The smallest absolute Gasteiger partial charge is 0.0810 e. The lowest BCUT2D eigenvalue weighted by Gasteiger charge is -2.15. The van der Waals surface area contributed by atoms with Crippen molar-refractivity contribution in [2.45, 2.75) is 64.2 Å². The topological polar surface area (TPSA) is 59.7 Å². The number of nitrogens with one attached hydrogen (secondary N) is 2. The zero-order valence-corrected chi connectivity index (χ0v) is 14.8. The minimum atomic E-state index is 0.286. The van der Waals surface area contributed by atoms with Crippen molar-refractivity contribution >= 4 is 0 Å². The van der Waals surface area contributed by atoms with Gasteiger partial charge in [-0.1, -0.05) is 12.8 Å². The first-order chi connectivity index (χ1) is 11.7. The van der Waals surface area contributed by atoms with Gasteiger partial charge in [-0.05, 0) is 19.8 Å². The van der Waals surface area contributed by atoms with Crippen LogP contribution in [0, 0.1) is 0 Å². The molecular weight excluding hydrogens is 300 g/mol. The van der Waals surface area contributed by atoms with Crippen LogP contribution in [0.15, 0.2) is 12.4 Å². The third kappa shape index (κ3) is 3.00. The minimum Gasteiger partial charge on any atom is -0.312 e. The van der Waals surface area contributed by atoms with E-state index < -0.39 is 0 Å². The number of fused-ring (bicyclic) bond motifs is 1. The van der Waals surface area contributed by atoms with Gasteiger partial charge in [0.1, 0.15) is 0 Å². The molecule has 24 heavy (non-hydrogen) atoms. The van der Waals surface area contributed by atoms with E-state index in [1.807, 2.05) is 6.20 Å². The fourth-order valence-electron chi connectivity index (χ4n) is 4.06. The maximum Gasteiger partial charge on any atom is 0.0810 e. The quantitative estimate of drug-likeness (QED) is 0.884. The van der Waals surface area contributed by atoms with E-state index in [0.29, 0.717) is 6.04 Å². The van der Waals surface area contributed by atoms with Gasteiger partial charge in [0.25, 0.3) is 0 Å². The van der Waals surface area contributed by atoms with Crippen molar-refractivity contribution < 1.29 is 0 Å². The number of rotatable bonds is 5. The molecule has 1 fully saturated rings. The summed E-state index contributed by atoms with van der Waals surface area (Å²) in [5.41, 5.74) is 5.21. The summed E-state index contributed by atoms with van der Waals surface area (Å²) >= 11 is 0. The van der Waals surface area contributed by atoms with Crippen LogP contribution in [-0.4, -0.2) is 26.1 Å². The van der Waals surface area contributed by atoms with Crippen molar-refractivity contribution in [2.24, 2.45) is 7.05 Å². The average molecular weight is 328 g/mol. The molecule has 0 amide bonds. The third-order valence-corrected chi connectivity index (χ3v) is 5.59. The summed E-state index contributed by atoms with van der Waals surface area (Å²) in [6.07, 6.45) is 10.5. The predicted molar refractivity (Wildman–Crippen MR) is 93.6 cm³/mol. The number of aryl methyl sites for hydroxylation is 1. The van der Waals surface area contributed by atoms with Gasteiger partial charge in [-0.25, -0.2) is 0 Å². The van der Waals surface area contributed by atoms with Crippen LogP contribution in [0.4, 0.5) is 0 Å². The van der Waals surface area contributed by atoms with Crippen molar-refractivity contribution in [3.63, 3.8) is 0 Å². The number of nitrogens with zero attached hydrogens (tertiary/aromatic N) is 4. The Morgan fingerprint density at radius 2 is 2.21 bits per heavy atom. The molecule has 1 aliphatic carbocycles. The summed E-state index contributed by atoms with van der Waals surface area (Å²) in [5.74, 6) is 0. The largest absolute Gasteiger partial charge is 0.312 e. The highest BCUT2D eigenvalue weighted by atomic mass is 15.3. The molecule has 1 saturated carbocycles. The van der Waals surface area contributed by atoms with E-state index in [9.17, 15) is 0 Å². The summed E-state index contributed by atoms with van der Waals surface area (Å²) in [7, 11) is 2.06. The highest BCUT2D eigenvalue weighted by Gasteiger charge is 2.21. The van der Waals surface area contributed by atoms with Gasteiger partial charge in [-0.15, -0.1) is 0 Å². The van der Waals surface area contributed by atoms with E-state index in [-0.39, 0.29) is 6.04 Å². The van der Waals surface area contributed by atoms with Gasteiger partial charge in [0.05, 0.1) is 17.9 Å². The molecule has 2 aliphatic rings. The Kier molecular flexibility index (Phi) is 4.41. The summed E-state index contributed by atoms with van der Waals surface area (Å²) in [5, 5.41) is 16.4. The molecule has 130 valence electrons. The van der Waals surface area contributed by atoms with Crippen LogP contribution < -0.4 is 10.6 Å². The van der Waals surface area contributed by atoms with E-state index in [1.54, 1.807) is 0 Å². The van der Waals surface area contributed by atoms with Gasteiger partial charge in [-0.2, -0.15) is 10.2 Å². The van der Waals surface area contributed by atoms with Gasteiger partial charge >= 0.3 is 0 Å². The van der Waals surface area contributed by atoms with Crippen molar-refractivity contribution in [1.82, 2.24) is 30.2 Å². The number of hydrogen-bond acceptors (Lipinski definition) is 4. The van der Waals surface area contributed by atoms with Crippen LogP contribution in [0.1, 0.15) is 67.2 Å². The maximum absolute atomic E-state index is 4.72. The Morgan fingerprint density at radius 3 is 3.04 bits per heavy atom. The van der Waals surface area contributed by atoms with Crippen molar-refractivity contribution in [2.75, 3.05) is 6.54 Å². The fraction of sp³-hybridized carbons (Fsp3) is 0.667. The molecule has 2 aromatic rings. The van der Waals surface area contributed by atoms with E-state index in [4.69, 9.17) is 5.10 Å².